The van der Waals surface area contributed by atoms with E-state index < -0.39 is 24.1 Å². The second-order valence-corrected chi connectivity index (χ2v) is 10.4. The Balaban J connectivity index is 0.000000206. The Kier molecular flexibility index (Phi) is 11.2. The van der Waals surface area contributed by atoms with Gasteiger partial charge >= 0.3 is 6.36 Å². The fourth-order valence-corrected chi connectivity index (χ4v) is 5.55. The van der Waals surface area contributed by atoms with Crippen molar-refractivity contribution in [1.29, 1.82) is 0 Å². The summed E-state index contributed by atoms with van der Waals surface area (Å²) in [6.07, 6.45) is 4.36. The van der Waals surface area contributed by atoms with Gasteiger partial charge in [-0.3, -0.25) is 4.39 Å². The molecule has 7 heteroatoms. The van der Waals surface area contributed by atoms with Crippen molar-refractivity contribution < 1.29 is 31.1 Å². The highest BCUT2D eigenvalue weighted by Gasteiger charge is 2.32. The molecule has 37 heavy (non-hydrogen) atoms. The Bertz CT molecular complexity index is 926. The van der Waals surface area contributed by atoms with Gasteiger partial charge in [-0.15, -0.1) is 13.2 Å². The van der Waals surface area contributed by atoms with E-state index in [9.17, 15) is 26.3 Å². The molecule has 4 rings (SSSR count). The lowest BCUT2D eigenvalue weighted by atomic mass is 9.77. The number of halogens is 6. The number of rotatable bonds is 7. The molecule has 0 heterocycles. The van der Waals surface area contributed by atoms with Crippen LogP contribution in [0.4, 0.5) is 26.3 Å². The number of hydrogen-bond donors (Lipinski definition) is 0. The smallest absolute Gasteiger partial charge is 0.403 e. The fourth-order valence-electron chi connectivity index (χ4n) is 5.55. The molecule has 0 amide bonds. The quantitative estimate of drug-likeness (QED) is 0.325. The zero-order valence-corrected chi connectivity index (χ0v) is 21.5. The third kappa shape index (κ3) is 9.57. The summed E-state index contributed by atoms with van der Waals surface area (Å²) in [7, 11) is 0. The molecule has 1 nitrogen and oxygen atoms in total. The summed E-state index contributed by atoms with van der Waals surface area (Å²) in [6, 6.07) is 12.6. The van der Waals surface area contributed by atoms with Crippen LogP contribution in [0.3, 0.4) is 0 Å². The number of ether oxygens (including phenoxy) is 1. The van der Waals surface area contributed by atoms with Crippen LogP contribution in [-0.4, -0.2) is 19.2 Å². The SMILES string of the molecule is CCCc1ccc(C2CCC(CCF)CC2)cc1.Fc1cc(C2CCC(F)CC2)ccc1OC(F)(F)F. The Hall–Kier alpha value is -2.18. The van der Waals surface area contributed by atoms with Gasteiger partial charge in [0.05, 0.1) is 6.67 Å². The van der Waals surface area contributed by atoms with Gasteiger partial charge in [-0.05, 0) is 111 Å². The summed E-state index contributed by atoms with van der Waals surface area (Å²) in [5.74, 6) is -0.517. The summed E-state index contributed by atoms with van der Waals surface area (Å²) < 4.78 is 78.3. The molecule has 0 unspecified atom stereocenters. The van der Waals surface area contributed by atoms with Gasteiger partial charge in [-0.25, -0.2) is 8.78 Å². The maximum absolute atomic E-state index is 13.5. The lowest BCUT2D eigenvalue weighted by Crippen LogP contribution is -2.18. The third-order valence-electron chi connectivity index (χ3n) is 7.66. The molecule has 2 aliphatic carbocycles. The molecule has 206 valence electrons. The number of benzene rings is 2. The van der Waals surface area contributed by atoms with Gasteiger partial charge in [-0.2, -0.15) is 0 Å². The summed E-state index contributed by atoms with van der Waals surface area (Å²) in [5.41, 5.74) is 3.54. The largest absolute Gasteiger partial charge is 0.573 e. The summed E-state index contributed by atoms with van der Waals surface area (Å²) >= 11 is 0. The first-order chi connectivity index (χ1) is 17.7. The molecule has 0 aromatic heterocycles. The van der Waals surface area contributed by atoms with Gasteiger partial charge in [0.2, 0.25) is 0 Å². The van der Waals surface area contributed by atoms with E-state index in [1.807, 2.05) is 0 Å². The molecule has 0 radical (unpaired) electrons. The van der Waals surface area contributed by atoms with Gasteiger partial charge in [0.25, 0.3) is 0 Å². The summed E-state index contributed by atoms with van der Waals surface area (Å²) in [5, 5.41) is 0. The van der Waals surface area contributed by atoms with Crippen molar-refractivity contribution >= 4 is 0 Å². The van der Waals surface area contributed by atoms with Gasteiger partial charge in [0.15, 0.2) is 11.6 Å². The van der Waals surface area contributed by atoms with Crippen LogP contribution < -0.4 is 4.74 Å². The third-order valence-corrected chi connectivity index (χ3v) is 7.66. The van der Waals surface area contributed by atoms with Crippen LogP contribution in [0.5, 0.6) is 5.75 Å². The van der Waals surface area contributed by atoms with Crippen molar-refractivity contribution in [2.75, 3.05) is 6.67 Å². The van der Waals surface area contributed by atoms with Crippen molar-refractivity contribution in [2.24, 2.45) is 5.92 Å². The predicted molar refractivity (Wildman–Crippen MR) is 135 cm³/mol. The highest BCUT2D eigenvalue weighted by atomic mass is 19.4. The average Bonchev–Trinajstić information content (AvgIpc) is 2.87. The lowest BCUT2D eigenvalue weighted by Gasteiger charge is -2.28. The predicted octanol–water partition coefficient (Wildman–Crippen LogP) is 9.99. The molecule has 2 aliphatic rings. The van der Waals surface area contributed by atoms with E-state index >= 15 is 0 Å². The minimum absolute atomic E-state index is 0.00133. The number of alkyl halides is 5. The average molecular weight is 529 g/mol. The molecule has 0 atom stereocenters. The van der Waals surface area contributed by atoms with Crippen molar-refractivity contribution in [3.05, 3.63) is 65.0 Å². The van der Waals surface area contributed by atoms with E-state index in [2.05, 4.69) is 35.9 Å². The van der Waals surface area contributed by atoms with E-state index in [0.29, 0.717) is 37.2 Å². The monoisotopic (exact) mass is 528 g/mol. The number of aryl methyl sites for hydroxylation is 1. The molecular formula is C30H38F6O. The maximum Gasteiger partial charge on any atom is 0.573 e. The van der Waals surface area contributed by atoms with Crippen LogP contribution in [0.25, 0.3) is 0 Å². The maximum atomic E-state index is 13.5. The fraction of sp³-hybridized carbons (Fsp3) is 0.600. The standard InChI is InChI=1S/C17H25F.C13H13F5O/c1-2-3-14-4-8-16(9-5-14)17-10-6-15(7-11-17)12-13-18;14-10-4-1-8(2-5-10)9-3-6-12(11(15)7-9)19-13(16,17)18/h4-5,8-9,15,17H,2-3,6-7,10-13H2,1H3;3,6-8,10H,1-2,4-5H2. The Morgan fingerprint density at radius 3 is 1.92 bits per heavy atom. The van der Waals surface area contributed by atoms with E-state index in [1.165, 1.54) is 55.7 Å². The van der Waals surface area contributed by atoms with Gasteiger partial charge in [0.1, 0.15) is 6.17 Å². The molecule has 2 aromatic rings. The van der Waals surface area contributed by atoms with Crippen LogP contribution >= 0.6 is 0 Å². The van der Waals surface area contributed by atoms with E-state index in [-0.39, 0.29) is 12.6 Å². The Morgan fingerprint density at radius 2 is 1.38 bits per heavy atom. The van der Waals surface area contributed by atoms with Crippen LogP contribution in [0.15, 0.2) is 42.5 Å². The first-order valence-electron chi connectivity index (χ1n) is 13.5. The van der Waals surface area contributed by atoms with E-state index in [4.69, 9.17) is 0 Å². The Labute approximate surface area is 216 Å². The minimum Gasteiger partial charge on any atom is -0.403 e. The molecule has 2 saturated carbocycles. The van der Waals surface area contributed by atoms with E-state index in [1.54, 1.807) is 0 Å². The first-order valence-corrected chi connectivity index (χ1v) is 13.5. The normalized spacial score (nSPS) is 24.2. The van der Waals surface area contributed by atoms with Gasteiger partial charge in [0, 0.05) is 0 Å². The minimum atomic E-state index is -4.91. The second kappa shape index (κ2) is 14.1. The highest BCUT2D eigenvalue weighted by molar-refractivity contribution is 5.32. The highest BCUT2D eigenvalue weighted by Crippen LogP contribution is 2.38. The van der Waals surface area contributed by atoms with Crippen LogP contribution in [0.1, 0.15) is 99.7 Å². The molecule has 2 fully saturated rings. The van der Waals surface area contributed by atoms with E-state index in [0.717, 1.165) is 24.5 Å². The molecule has 0 bridgehead atoms. The van der Waals surface area contributed by atoms with Crippen LogP contribution in [0, 0.1) is 11.7 Å². The van der Waals surface area contributed by atoms with Crippen LogP contribution in [0.2, 0.25) is 0 Å². The molecule has 0 N–H and O–H groups in total. The lowest BCUT2D eigenvalue weighted by molar-refractivity contribution is -0.275. The van der Waals surface area contributed by atoms with Gasteiger partial charge < -0.3 is 4.74 Å². The van der Waals surface area contributed by atoms with Crippen molar-refractivity contribution in [1.82, 2.24) is 0 Å². The second-order valence-electron chi connectivity index (χ2n) is 10.4. The molecule has 0 saturated heterocycles. The van der Waals surface area contributed by atoms with Crippen molar-refractivity contribution in [3.63, 3.8) is 0 Å². The molecule has 2 aromatic carbocycles. The van der Waals surface area contributed by atoms with Crippen molar-refractivity contribution in [3.8, 4) is 5.75 Å². The number of hydrogen-bond acceptors (Lipinski definition) is 1. The summed E-state index contributed by atoms with van der Waals surface area (Å²) in [4.78, 5) is 0. The summed E-state index contributed by atoms with van der Waals surface area (Å²) in [6.45, 7) is 2.08. The van der Waals surface area contributed by atoms with Crippen molar-refractivity contribution in [2.45, 2.75) is 102 Å². The Morgan fingerprint density at radius 1 is 0.811 bits per heavy atom. The zero-order valence-electron chi connectivity index (χ0n) is 21.5. The molecule has 0 spiro atoms. The van der Waals surface area contributed by atoms with Crippen LogP contribution in [-0.2, 0) is 6.42 Å². The topological polar surface area (TPSA) is 9.23 Å². The molecular weight excluding hydrogens is 490 g/mol. The first kappa shape index (κ1) is 29.4. The molecule has 0 aliphatic heterocycles. The zero-order chi connectivity index (χ0) is 26.8. The van der Waals surface area contributed by atoms with Gasteiger partial charge in [-0.1, -0.05) is 43.7 Å².